The van der Waals surface area contributed by atoms with Crippen molar-refractivity contribution in [2.24, 2.45) is 0 Å². The lowest BCUT2D eigenvalue weighted by molar-refractivity contribution is -0.140. The summed E-state index contributed by atoms with van der Waals surface area (Å²) in [4.78, 5) is 60.1. The van der Waals surface area contributed by atoms with Gasteiger partial charge >= 0.3 is 24.2 Å². The summed E-state index contributed by atoms with van der Waals surface area (Å²) in [6.45, 7) is 9.19. The average Bonchev–Trinajstić information content (AvgIpc) is 3.39. The average molecular weight is 665 g/mol. The molecular formula is C35H36O13. The van der Waals surface area contributed by atoms with Gasteiger partial charge in [-0.2, -0.15) is 0 Å². The van der Waals surface area contributed by atoms with Crippen molar-refractivity contribution < 1.29 is 61.9 Å². The molecule has 0 heterocycles. The molecule has 0 N–H and O–H groups in total. The van der Waals surface area contributed by atoms with Crippen LogP contribution in [-0.4, -0.2) is 70.7 Å². The SMILES string of the molecule is C=C(C)C(=O)OCCOC(=O)Oc1ccc(/C=C2/CC/C(=C\c3ccc(OC(=O)OCCOC(=O)C(=C)C)c(OC)c3)C2=O)cc1OC. The summed E-state index contributed by atoms with van der Waals surface area (Å²) in [5.74, 6) is -0.660. The third-order valence-electron chi connectivity index (χ3n) is 6.46. The molecule has 0 saturated heterocycles. The van der Waals surface area contributed by atoms with Crippen molar-refractivity contribution in [3.8, 4) is 23.0 Å². The zero-order valence-electron chi connectivity index (χ0n) is 27.1. The van der Waals surface area contributed by atoms with Crippen LogP contribution in [0.25, 0.3) is 12.2 Å². The van der Waals surface area contributed by atoms with Crippen molar-refractivity contribution in [2.75, 3.05) is 40.6 Å². The maximum Gasteiger partial charge on any atom is 0.514 e. The quantitative estimate of drug-likeness (QED) is 0.0784. The maximum atomic E-state index is 13.2. The second-order valence-electron chi connectivity index (χ2n) is 10.2. The Balaban J connectivity index is 1.60. The van der Waals surface area contributed by atoms with Gasteiger partial charge in [0.15, 0.2) is 28.8 Å². The van der Waals surface area contributed by atoms with Gasteiger partial charge in [0, 0.05) is 22.3 Å². The Hall–Kier alpha value is -5.85. The van der Waals surface area contributed by atoms with Crippen LogP contribution < -0.4 is 18.9 Å². The second-order valence-corrected chi connectivity index (χ2v) is 10.2. The van der Waals surface area contributed by atoms with E-state index in [0.29, 0.717) is 35.1 Å². The topological polar surface area (TPSA) is 159 Å². The standard InChI is InChI=1S/C35H36O13/c1-21(2)32(37)43-13-15-45-34(39)47-27-11-7-23(19-29(27)41-5)17-25-9-10-26(31(25)36)18-24-8-12-28(30(20-24)42-6)48-35(40)46-16-14-44-33(38)22(3)4/h7-8,11-12,17-20H,1,3,9-10,13-16H2,2,4-6H3/b25-17-,26-18+. The normalized spacial score (nSPS) is 13.8. The zero-order chi connectivity index (χ0) is 35.2. The molecule has 1 saturated carbocycles. The summed E-state index contributed by atoms with van der Waals surface area (Å²) < 4.78 is 40.7. The number of hydrogen-bond acceptors (Lipinski definition) is 13. The van der Waals surface area contributed by atoms with E-state index in [0.717, 1.165) is 0 Å². The lowest BCUT2D eigenvalue weighted by Gasteiger charge is -2.11. The number of methoxy groups -OCH3 is 2. The summed E-state index contributed by atoms with van der Waals surface area (Å²) in [5, 5.41) is 0. The van der Waals surface area contributed by atoms with Gasteiger partial charge in [0.1, 0.15) is 26.4 Å². The van der Waals surface area contributed by atoms with Crippen LogP contribution in [-0.2, 0) is 33.3 Å². The molecule has 2 aromatic rings. The minimum absolute atomic E-state index is 0.0978. The number of allylic oxidation sites excluding steroid dienone is 2. The fourth-order valence-electron chi connectivity index (χ4n) is 4.10. The van der Waals surface area contributed by atoms with E-state index >= 15 is 0 Å². The lowest BCUT2D eigenvalue weighted by Crippen LogP contribution is -2.16. The van der Waals surface area contributed by atoms with Gasteiger partial charge in [0.2, 0.25) is 0 Å². The number of Topliss-reactive ketones (excluding diaryl/α,β-unsaturated/α-hetero) is 1. The van der Waals surface area contributed by atoms with Crippen LogP contribution in [0.3, 0.4) is 0 Å². The van der Waals surface area contributed by atoms with Gasteiger partial charge in [-0.1, -0.05) is 25.3 Å². The van der Waals surface area contributed by atoms with Gasteiger partial charge < -0.3 is 37.9 Å². The molecule has 1 aliphatic rings. The number of benzene rings is 2. The van der Waals surface area contributed by atoms with Gasteiger partial charge in [0.25, 0.3) is 0 Å². The summed E-state index contributed by atoms with van der Waals surface area (Å²) >= 11 is 0. The molecule has 3 rings (SSSR count). The van der Waals surface area contributed by atoms with E-state index in [9.17, 15) is 24.0 Å². The monoisotopic (exact) mass is 664 g/mol. The summed E-state index contributed by atoms with van der Waals surface area (Å²) in [7, 11) is 2.81. The van der Waals surface area contributed by atoms with E-state index in [2.05, 4.69) is 13.2 Å². The van der Waals surface area contributed by atoms with E-state index in [4.69, 9.17) is 37.9 Å². The second kappa shape index (κ2) is 17.7. The molecule has 0 atom stereocenters. The number of hydrogen-bond donors (Lipinski definition) is 0. The van der Waals surface area contributed by atoms with E-state index in [1.54, 1.807) is 36.4 Å². The van der Waals surface area contributed by atoms with E-state index in [-0.39, 0.29) is 66.4 Å². The summed E-state index contributed by atoms with van der Waals surface area (Å²) in [6, 6.07) is 9.56. The fraction of sp³-hybridized carbons (Fsp3) is 0.286. The van der Waals surface area contributed by atoms with Gasteiger partial charge in [-0.05, 0) is 74.2 Å². The molecule has 2 aromatic carbocycles. The van der Waals surface area contributed by atoms with Crippen molar-refractivity contribution >= 4 is 42.2 Å². The minimum atomic E-state index is -1.01. The Morgan fingerprint density at radius 1 is 0.625 bits per heavy atom. The van der Waals surface area contributed by atoms with Crippen LogP contribution in [0.2, 0.25) is 0 Å². The Labute approximate surface area is 277 Å². The van der Waals surface area contributed by atoms with Crippen LogP contribution >= 0.6 is 0 Å². The third kappa shape index (κ3) is 10.9. The predicted molar refractivity (Wildman–Crippen MR) is 172 cm³/mol. The molecular weight excluding hydrogens is 628 g/mol. The van der Waals surface area contributed by atoms with Crippen LogP contribution in [0, 0.1) is 0 Å². The van der Waals surface area contributed by atoms with Crippen molar-refractivity contribution in [2.45, 2.75) is 26.7 Å². The molecule has 13 heteroatoms. The summed E-state index contributed by atoms with van der Waals surface area (Å²) in [6.07, 6.45) is 2.43. The summed E-state index contributed by atoms with van der Waals surface area (Å²) in [5.41, 5.74) is 2.89. The highest BCUT2D eigenvalue weighted by Gasteiger charge is 2.24. The Kier molecular flexibility index (Phi) is 13.5. The van der Waals surface area contributed by atoms with E-state index in [1.807, 2.05) is 0 Å². The first-order chi connectivity index (χ1) is 22.9. The Morgan fingerprint density at radius 3 is 1.35 bits per heavy atom. The van der Waals surface area contributed by atoms with Gasteiger partial charge in [-0.25, -0.2) is 19.2 Å². The Bertz CT molecular complexity index is 1530. The number of ketones is 1. The van der Waals surface area contributed by atoms with Crippen molar-refractivity contribution in [1.82, 2.24) is 0 Å². The predicted octanol–water partition coefficient (Wildman–Crippen LogP) is 5.80. The van der Waals surface area contributed by atoms with Gasteiger partial charge in [-0.3, -0.25) is 4.79 Å². The largest absolute Gasteiger partial charge is 0.514 e. The molecule has 0 radical (unpaired) electrons. The number of carbonyl (C=O) groups excluding carboxylic acids is 5. The zero-order valence-corrected chi connectivity index (χ0v) is 27.1. The number of ether oxygens (including phenoxy) is 8. The van der Waals surface area contributed by atoms with Crippen molar-refractivity contribution in [3.63, 3.8) is 0 Å². The lowest BCUT2D eigenvalue weighted by atomic mass is 10.1. The molecule has 13 nitrogen and oxygen atoms in total. The minimum Gasteiger partial charge on any atom is -0.493 e. The first-order valence-electron chi connectivity index (χ1n) is 14.6. The molecule has 48 heavy (non-hydrogen) atoms. The molecule has 1 fully saturated rings. The molecule has 0 unspecified atom stereocenters. The van der Waals surface area contributed by atoms with E-state index in [1.165, 1.54) is 40.2 Å². The highest BCUT2D eigenvalue weighted by Crippen LogP contribution is 2.34. The molecule has 0 bridgehead atoms. The van der Waals surface area contributed by atoms with Crippen LogP contribution in [0.1, 0.15) is 37.8 Å². The van der Waals surface area contributed by atoms with Crippen LogP contribution in [0.4, 0.5) is 9.59 Å². The van der Waals surface area contributed by atoms with E-state index < -0.39 is 24.2 Å². The molecule has 254 valence electrons. The smallest absolute Gasteiger partial charge is 0.493 e. The van der Waals surface area contributed by atoms with Crippen LogP contribution in [0.15, 0.2) is 71.8 Å². The van der Waals surface area contributed by atoms with Crippen LogP contribution in [0.5, 0.6) is 23.0 Å². The number of esters is 2. The molecule has 1 aliphatic carbocycles. The fourth-order valence-corrected chi connectivity index (χ4v) is 4.10. The number of rotatable bonds is 14. The van der Waals surface area contributed by atoms with Gasteiger partial charge in [-0.15, -0.1) is 0 Å². The van der Waals surface area contributed by atoms with Crippen molar-refractivity contribution in [3.05, 3.63) is 83.0 Å². The maximum absolute atomic E-state index is 13.2. The Morgan fingerprint density at radius 2 is 1.00 bits per heavy atom. The first-order valence-corrected chi connectivity index (χ1v) is 14.6. The third-order valence-corrected chi connectivity index (χ3v) is 6.46. The molecule has 0 spiro atoms. The van der Waals surface area contributed by atoms with Crippen molar-refractivity contribution in [1.29, 1.82) is 0 Å². The van der Waals surface area contributed by atoms with Gasteiger partial charge in [0.05, 0.1) is 14.2 Å². The molecule has 0 amide bonds. The molecule has 0 aliphatic heterocycles. The highest BCUT2D eigenvalue weighted by molar-refractivity contribution is 6.15. The number of carbonyl (C=O) groups is 5. The molecule has 0 aromatic heterocycles. The highest BCUT2D eigenvalue weighted by atomic mass is 16.7. The first kappa shape index (κ1) is 36.6.